The molecule has 30 atom stereocenters. The van der Waals surface area contributed by atoms with Gasteiger partial charge in [-0.15, -0.1) is 0 Å². The van der Waals surface area contributed by atoms with Crippen LogP contribution in [0.25, 0.3) is 0 Å². The first-order chi connectivity index (χ1) is 39.8. The lowest BCUT2D eigenvalue weighted by atomic mass is 9.94. The maximum Gasteiger partial charge on any atom is 0.303 e. The van der Waals surface area contributed by atoms with E-state index in [9.17, 15) is 90.0 Å². The minimum atomic E-state index is -2.25. The Morgan fingerprint density at radius 2 is 0.369 bits per heavy atom. The van der Waals surface area contributed by atoms with Crippen molar-refractivity contribution in [3.63, 3.8) is 0 Å². The zero-order valence-electron chi connectivity index (χ0n) is 45.7. The molecule has 0 radical (unpaired) electrons. The van der Waals surface area contributed by atoms with Crippen LogP contribution in [0.15, 0.2) is 0 Å². The summed E-state index contributed by atoms with van der Waals surface area (Å²) in [6.07, 6.45) is -61.0. The number of aliphatic hydroxyl groups is 12. The molecule has 36 heteroatoms. The molecule has 0 unspecified atom stereocenters. The minimum Gasteiger partial charge on any atom is -0.457 e. The molecule has 22 aliphatic heterocycles. The second-order valence-electron chi connectivity index (χ2n) is 20.3. The van der Waals surface area contributed by atoms with Crippen molar-refractivity contribution in [1.82, 2.24) is 0 Å². The molecule has 0 aromatic carbocycles. The molecule has 0 spiro atoms. The van der Waals surface area contributed by atoms with Gasteiger partial charge in [-0.25, -0.2) is 0 Å². The van der Waals surface area contributed by atoms with Crippen molar-refractivity contribution in [3.05, 3.63) is 0 Å². The van der Waals surface area contributed by atoms with Crippen molar-refractivity contribution < 1.29 is 175 Å². The van der Waals surface area contributed by atoms with Gasteiger partial charge >= 0.3 is 35.8 Å². The molecule has 0 aromatic heterocycles. The highest BCUT2D eigenvalue weighted by Crippen LogP contribution is 2.40. The van der Waals surface area contributed by atoms with Gasteiger partial charge in [0.15, 0.2) is 74.4 Å². The molecule has 84 heavy (non-hydrogen) atoms. The summed E-state index contributed by atoms with van der Waals surface area (Å²) < 4.78 is 104. The molecule has 0 aromatic rings. The molecule has 36 nitrogen and oxygen atoms in total. The van der Waals surface area contributed by atoms with E-state index in [4.69, 9.17) is 85.3 Å². The van der Waals surface area contributed by atoms with E-state index in [1.165, 1.54) is 0 Å². The fourth-order valence-corrected chi connectivity index (χ4v) is 10.8. The average Bonchev–Trinajstić information content (AvgIpc) is 1.40. The van der Waals surface area contributed by atoms with Crippen LogP contribution in [0, 0.1) is 0 Å². The van der Waals surface area contributed by atoms with Gasteiger partial charge in [0.25, 0.3) is 0 Å². The van der Waals surface area contributed by atoms with Gasteiger partial charge in [-0.2, -0.15) is 0 Å². The molecule has 0 amide bonds. The van der Waals surface area contributed by atoms with Crippen LogP contribution in [0.3, 0.4) is 0 Å². The lowest BCUT2D eigenvalue weighted by Gasteiger charge is -2.51. The first-order valence-electron chi connectivity index (χ1n) is 26.4. The van der Waals surface area contributed by atoms with E-state index in [1.807, 2.05) is 0 Å². The summed E-state index contributed by atoms with van der Waals surface area (Å²) in [4.78, 5) is 76.3. The molecular formula is C48H72O36. The third-order valence-corrected chi connectivity index (χ3v) is 14.3. The molecule has 12 N–H and O–H groups in total. The normalized spacial score (nSPS) is 45.5. The average molecular weight is 1230 g/mol. The van der Waals surface area contributed by atoms with E-state index in [0.717, 1.165) is 41.5 Å². The molecule has 22 heterocycles. The van der Waals surface area contributed by atoms with Gasteiger partial charge < -0.3 is 147 Å². The second kappa shape index (κ2) is 29.2. The Morgan fingerprint density at radius 3 is 0.464 bits per heavy atom. The molecule has 0 saturated carbocycles. The van der Waals surface area contributed by atoms with Crippen LogP contribution in [-0.4, -0.2) is 321 Å². The van der Waals surface area contributed by atoms with Gasteiger partial charge in [-0.3, -0.25) is 28.8 Å². The molecular weight excluding hydrogens is 1150 g/mol. The maximum atomic E-state index is 12.7. The summed E-state index contributed by atoms with van der Waals surface area (Å²) in [5, 5.41) is 136. The zero-order valence-corrected chi connectivity index (χ0v) is 45.7. The van der Waals surface area contributed by atoms with Gasteiger partial charge in [0.2, 0.25) is 0 Å². The molecule has 0 aliphatic carbocycles. The molecule has 22 rings (SSSR count). The van der Waals surface area contributed by atoms with Crippen molar-refractivity contribution >= 4 is 35.8 Å². The van der Waals surface area contributed by atoms with E-state index >= 15 is 0 Å². The lowest BCUT2D eigenvalue weighted by molar-refractivity contribution is -0.404. The summed E-state index contributed by atoms with van der Waals surface area (Å²) in [7, 11) is 0. The molecule has 12 bridgehead atoms. The number of carbonyl (C=O) groups is 6. The van der Waals surface area contributed by atoms with Gasteiger partial charge in [-0.1, -0.05) is 0 Å². The molecule has 22 saturated heterocycles. The summed E-state index contributed by atoms with van der Waals surface area (Å²) >= 11 is 0. The number of aliphatic hydroxyl groups excluding tert-OH is 12. The van der Waals surface area contributed by atoms with Crippen molar-refractivity contribution in [1.29, 1.82) is 0 Å². The smallest absolute Gasteiger partial charge is 0.303 e. The Labute approximate surface area is 475 Å². The van der Waals surface area contributed by atoms with Crippen molar-refractivity contribution in [2.75, 3.05) is 39.6 Å². The standard InChI is InChI=1S/C48H72O36/c1-13(55)67-37-25(61)43-73-19(7-49)31(37)79-44-26(62)38(68-14(2)56)33(21(9-51)74-44)81-46-28(64)40(70-16(4)58)35(23(11-53)76-46)83-48-30(66)42(72-18(6)60)36(24(12-54)78-48)84-47-29(65)41(71-17(5)59)34(22(10-52)77-47)82-45-27(63)39(69-15(3)57)32(80-43)20(8-50)75-45/h19-54,61-66H,7-12H2,1-6H3/t19-,20-,21-,22-,23-,24-,25-,26-,27-,28-,29-,30-,31-,32-,33-,34-,35-,36-,37-,38-,39-,40-,41-,42-,43-,44-,45-,46-,47-,48-/m1/s1. The quantitative estimate of drug-likeness (QED) is 0.0638. The van der Waals surface area contributed by atoms with Gasteiger partial charge in [-0.05, 0) is 0 Å². The SMILES string of the molecule is CC(=O)O[C@@H]1[C@@H](O)[C@H]2O[C@H]3[C@H](OC(C)=O)[C@@H](O)[C@@H](O[C@H]4[C@H](OC(C)=O)[C@@H](O)[C@@H](O[C@H]5[C@H](OC(C)=O)[C@@H](O)[C@@H](O[C@H]6[C@H](OC(C)=O)[C@@H](O)[C@@H](O[C@H]7[C@H](OC(C)=O)[C@@H](O)[C@@H](O[C@@H]1[C@@H](CO)O2)O[C@@H]7CO)O[C@@H]6CO)O[C@@H]5CO)O[C@@H]4CO)O[C@@H]3CO. The second-order valence-corrected chi connectivity index (χ2v) is 20.3. The number of esters is 6. The summed E-state index contributed by atoms with van der Waals surface area (Å²) in [5.74, 6) is -6.66. The first kappa shape index (κ1) is 67.4. The van der Waals surface area contributed by atoms with Crippen LogP contribution >= 0.6 is 0 Å². The predicted molar refractivity (Wildman–Crippen MR) is 253 cm³/mol. The van der Waals surface area contributed by atoms with E-state index < -0.39 is 260 Å². The Kier molecular flexibility index (Phi) is 23.5. The van der Waals surface area contributed by atoms with E-state index in [-0.39, 0.29) is 0 Å². The minimum absolute atomic E-state index is 0.892. The van der Waals surface area contributed by atoms with E-state index in [0.29, 0.717) is 0 Å². The predicted octanol–water partition coefficient (Wildman–Crippen LogP) is -9.63. The van der Waals surface area contributed by atoms with Gasteiger partial charge in [0, 0.05) is 41.5 Å². The molecule has 22 fully saturated rings. The Bertz CT molecular complexity index is 1840. The Morgan fingerprint density at radius 1 is 0.250 bits per heavy atom. The highest BCUT2D eigenvalue weighted by Gasteiger charge is 2.61. The monoisotopic (exact) mass is 1220 g/mol. The summed E-state index contributed by atoms with van der Waals surface area (Å²) in [6, 6.07) is 0. The highest BCUT2D eigenvalue weighted by molar-refractivity contribution is 5.68. The van der Waals surface area contributed by atoms with Gasteiger partial charge in [0.1, 0.15) is 110 Å². The number of carbonyl (C=O) groups excluding carboxylic acids is 6. The molecule has 480 valence electrons. The fourth-order valence-electron chi connectivity index (χ4n) is 10.8. The third-order valence-electron chi connectivity index (χ3n) is 14.3. The van der Waals surface area contributed by atoms with Gasteiger partial charge in [0.05, 0.1) is 39.6 Å². The van der Waals surface area contributed by atoms with Crippen LogP contribution in [0.1, 0.15) is 41.5 Å². The van der Waals surface area contributed by atoms with E-state index in [2.05, 4.69) is 0 Å². The summed E-state index contributed by atoms with van der Waals surface area (Å²) in [6.45, 7) is -1.28. The first-order valence-corrected chi connectivity index (χ1v) is 26.4. The van der Waals surface area contributed by atoms with Crippen LogP contribution in [0.2, 0.25) is 0 Å². The number of hydrogen-bond acceptors (Lipinski definition) is 36. The number of ether oxygens (including phenoxy) is 18. The largest absolute Gasteiger partial charge is 0.457 e. The fraction of sp³-hybridized carbons (Fsp3) is 0.875. The summed E-state index contributed by atoms with van der Waals surface area (Å²) in [5.41, 5.74) is 0. The zero-order chi connectivity index (χ0) is 61.8. The van der Waals surface area contributed by atoms with Crippen LogP contribution in [-0.2, 0) is 114 Å². The van der Waals surface area contributed by atoms with Crippen LogP contribution in [0.4, 0.5) is 0 Å². The van der Waals surface area contributed by atoms with E-state index in [1.54, 1.807) is 0 Å². The topological polar surface area (TPSA) is 511 Å². The number of rotatable bonds is 12. The van der Waals surface area contributed by atoms with Crippen molar-refractivity contribution in [3.8, 4) is 0 Å². The van der Waals surface area contributed by atoms with Crippen LogP contribution in [0.5, 0.6) is 0 Å². The van der Waals surface area contributed by atoms with Crippen molar-refractivity contribution in [2.45, 2.75) is 226 Å². The Balaban J connectivity index is 1.34. The third kappa shape index (κ3) is 14.9. The number of hydrogen-bond donors (Lipinski definition) is 12. The maximum absolute atomic E-state index is 12.7. The molecule has 22 aliphatic rings. The van der Waals surface area contributed by atoms with Crippen LogP contribution < -0.4 is 0 Å². The lowest BCUT2D eigenvalue weighted by Crippen LogP contribution is -2.70. The highest BCUT2D eigenvalue weighted by atomic mass is 16.8. The van der Waals surface area contributed by atoms with Crippen molar-refractivity contribution in [2.24, 2.45) is 0 Å². The Hall–Kier alpha value is -4.14.